The van der Waals surface area contributed by atoms with Gasteiger partial charge in [-0.3, -0.25) is 4.90 Å². The van der Waals surface area contributed by atoms with Crippen LogP contribution in [0.15, 0.2) is 12.7 Å². The Labute approximate surface area is 185 Å². The maximum absolute atomic E-state index is 11.6. The largest absolute Gasteiger partial charge is 0.459 e. The number of carbonyl (C=O) groups excluding carboxylic acids is 1. The lowest BCUT2D eigenvalue weighted by Crippen LogP contribution is -2.52. The van der Waals surface area contributed by atoms with Crippen molar-refractivity contribution in [2.45, 2.75) is 140 Å². The fraction of sp³-hybridized carbons (Fsp3) is 0.889. The Bertz CT molecular complexity index is 523. The molecule has 0 aromatic rings. The average molecular weight is 416 g/mol. The van der Waals surface area contributed by atoms with Gasteiger partial charge in [-0.25, -0.2) is 4.79 Å². The zero-order valence-corrected chi connectivity index (χ0v) is 19.2. The van der Waals surface area contributed by atoms with Crippen LogP contribution in [0.3, 0.4) is 0 Å². The van der Waals surface area contributed by atoms with Crippen molar-refractivity contribution in [2.24, 2.45) is 11.8 Å². The standard InChI is InChI=1S/C27H45NO2/c1-2-27(29)30-26-15-9-10-22(20-26)21-16-18-25(19-17-21)28(23-11-5-3-6-12-23)24-13-7-4-8-14-24/h2,21-26H,1,3-20H2. The minimum absolute atomic E-state index is 0.132. The molecule has 0 aromatic heterocycles. The maximum Gasteiger partial charge on any atom is 0.330 e. The first kappa shape index (κ1) is 22.4. The molecule has 2 atom stereocenters. The molecule has 4 fully saturated rings. The SMILES string of the molecule is C=CC(=O)OC1CCCC(C2CCC(N(C3CCCCC3)C3CCCCC3)CC2)C1. The first-order chi connectivity index (χ1) is 14.7. The van der Waals surface area contributed by atoms with E-state index in [0.29, 0.717) is 0 Å². The number of nitrogens with zero attached hydrogens (tertiary/aromatic N) is 1. The summed E-state index contributed by atoms with van der Waals surface area (Å²) in [5.41, 5.74) is 0. The lowest BCUT2D eigenvalue weighted by Gasteiger charge is -2.49. The van der Waals surface area contributed by atoms with Crippen LogP contribution in [0.25, 0.3) is 0 Å². The molecule has 0 spiro atoms. The van der Waals surface area contributed by atoms with Crippen molar-refractivity contribution < 1.29 is 9.53 Å². The van der Waals surface area contributed by atoms with Crippen molar-refractivity contribution in [2.75, 3.05) is 0 Å². The van der Waals surface area contributed by atoms with Crippen molar-refractivity contribution in [3.05, 3.63) is 12.7 Å². The quantitative estimate of drug-likeness (QED) is 0.353. The predicted molar refractivity (Wildman–Crippen MR) is 123 cm³/mol. The highest BCUT2D eigenvalue weighted by atomic mass is 16.5. The Hall–Kier alpha value is -0.830. The normalized spacial score (nSPS) is 34.6. The summed E-state index contributed by atoms with van der Waals surface area (Å²) in [5.74, 6) is 1.38. The molecule has 3 nitrogen and oxygen atoms in total. The Kier molecular flexibility index (Phi) is 8.32. The topological polar surface area (TPSA) is 29.5 Å². The van der Waals surface area contributed by atoms with Crippen molar-refractivity contribution in [1.29, 1.82) is 0 Å². The number of hydrogen-bond acceptors (Lipinski definition) is 3. The van der Waals surface area contributed by atoms with Crippen LogP contribution in [0.1, 0.15) is 116 Å². The van der Waals surface area contributed by atoms with Gasteiger partial charge in [0.2, 0.25) is 0 Å². The van der Waals surface area contributed by atoms with Crippen molar-refractivity contribution in [3.63, 3.8) is 0 Å². The van der Waals surface area contributed by atoms with Crippen LogP contribution in [-0.2, 0) is 9.53 Å². The highest BCUT2D eigenvalue weighted by Gasteiger charge is 2.38. The summed E-state index contributed by atoms with van der Waals surface area (Å²) < 4.78 is 5.61. The van der Waals surface area contributed by atoms with E-state index in [1.54, 1.807) is 0 Å². The molecule has 170 valence electrons. The maximum atomic E-state index is 11.6. The molecule has 0 aromatic carbocycles. The third-order valence-electron chi connectivity index (χ3n) is 8.94. The van der Waals surface area contributed by atoms with Gasteiger partial charge in [-0.05, 0) is 88.9 Å². The molecule has 0 bridgehead atoms. The Morgan fingerprint density at radius 2 is 1.23 bits per heavy atom. The molecule has 0 radical (unpaired) electrons. The van der Waals surface area contributed by atoms with E-state index in [4.69, 9.17) is 4.74 Å². The minimum atomic E-state index is -0.236. The molecule has 2 unspecified atom stereocenters. The molecule has 0 heterocycles. The molecule has 4 aliphatic rings. The van der Waals surface area contributed by atoms with Gasteiger partial charge in [0.1, 0.15) is 6.10 Å². The van der Waals surface area contributed by atoms with Gasteiger partial charge in [-0.15, -0.1) is 0 Å². The first-order valence-electron chi connectivity index (χ1n) is 13.3. The Balaban J connectivity index is 1.33. The summed E-state index contributed by atoms with van der Waals surface area (Å²) >= 11 is 0. The molecule has 4 saturated carbocycles. The molecule has 0 saturated heterocycles. The predicted octanol–water partition coefficient (Wildman–Crippen LogP) is 6.80. The van der Waals surface area contributed by atoms with Gasteiger partial charge in [0.15, 0.2) is 0 Å². The van der Waals surface area contributed by atoms with Crippen LogP contribution in [0.4, 0.5) is 0 Å². The fourth-order valence-electron chi connectivity index (χ4n) is 7.45. The zero-order chi connectivity index (χ0) is 20.8. The highest BCUT2D eigenvalue weighted by Crippen LogP contribution is 2.42. The van der Waals surface area contributed by atoms with Crippen molar-refractivity contribution in [3.8, 4) is 0 Å². The monoisotopic (exact) mass is 415 g/mol. The average Bonchev–Trinajstić information content (AvgIpc) is 2.81. The molecule has 30 heavy (non-hydrogen) atoms. The summed E-state index contributed by atoms with van der Waals surface area (Å²) in [7, 11) is 0. The first-order valence-corrected chi connectivity index (χ1v) is 13.3. The number of carbonyl (C=O) groups is 1. The van der Waals surface area contributed by atoms with Gasteiger partial charge >= 0.3 is 5.97 Å². The fourth-order valence-corrected chi connectivity index (χ4v) is 7.45. The third kappa shape index (κ3) is 5.69. The second kappa shape index (κ2) is 11.2. The minimum Gasteiger partial charge on any atom is -0.459 e. The number of ether oxygens (including phenoxy) is 1. The second-order valence-electron chi connectivity index (χ2n) is 10.8. The summed E-state index contributed by atoms with van der Waals surface area (Å²) in [4.78, 5) is 14.7. The van der Waals surface area contributed by atoms with Crippen LogP contribution in [-0.4, -0.2) is 35.1 Å². The molecule has 0 amide bonds. The van der Waals surface area contributed by atoms with Gasteiger partial charge in [-0.2, -0.15) is 0 Å². The number of rotatable bonds is 6. The smallest absolute Gasteiger partial charge is 0.330 e. The van der Waals surface area contributed by atoms with Gasteiger partial charge in [-0.1, -0.05) is 45.1 Å². The third-order valence-corrected chi connectivity index (χ3v) is 8.94. The highest BCUT2D eigenvalue weighted by molar-refractivity contribution is 5.81. The molecule has 3 heteroatoms. The van der Waals surface area contributed by atoms with Crippen LogP contribution >= 0.6 is 0 Å². The molecule has 0 N–H and O–H groups in total. The lowest BCUT2D eigenvalue weighted by atomic mass is 9.71. The van der Waals surface area contributed by atoms with Crippen LogP contribution in [0.5, 0.6) is 0 Å². The van der Waals surface area contributed by atoms with Gasteiger partial charge in [0.25, 0.3) is 0 Å². The van der Waals surface area contributed by atoms with E-state index >= 15 is 0 Å². The number of hydrogen-bond donors (Lipinski definition) is 0. The van der Waals surface area contributed by atoms with Crippen LogP contribution in [0.2, 0.25) is 0 Å². The van der Waals surface area contributed by atoms with Crippen LogP contribution in [0, 0.1) is 11.8 Å². The van der Waals surface area contributed by atoms with E-state index < -0.39 is 0 Å². The number of esters is 1. The van der Waals surface area contributed by atoms with Gasteiger partial charge < -0.3 is 4.74 Å². The van der Waals surface area contributed by atoms with Crippen molar-refractivity contribution >= 4 is 5.97 Å². The lowest BCUT2D eigenvalue weighted by molar-refractivity contribution is -0.145. The summed E-state index contributed by atoms with van der Waals surface area (Å²) in [6, 6.07) is 2.59. The van der Waals surface area contributed by atoms with Crippen LogP contribution < -0.4 is 0 Å². The molecule has 4 rings (SSSR count). The molecule has 4 aliphatic carbocycles. The summed E-state index contributed by atoms with van der Waals surface area (Å²) in [6.07, 6.45) is 26.3. The molecular formula is C27H45NO2. The Morgan fingerprint density at radius 3 is 1.80 bits per heavy atom. The van der Waals surface area contributed by atoms with E-state index in [2.05, 4.69) is 11.5 Å². The second-order valence-corrected chi connectivity index (χ2v) is 10.8. The van der Waals surface area contributed by atoms with Crippen molar-refractivity contribution in [1.82, 2.24) is 4.90 Å². The molecular weight excluding hydrogens is 370 g/mol. The Morgan fingerprint density at radius 1 is 0.667 bits per heavy atom. The van der Waals surface area contributed by atoms with E-state index in [0.717, 1.165) is 42.8 Å². The molecule has 0 aliphatic heterocycles. The van der Waals surface area contributed by atoms with Gasteiger partial charge in [0, 0.05) is 24.2 Å². The van der Waals surface area contributed by atoms with Gasteiger partial charge in [0.05, 0.1) is 0 Å². The summed E-state index contributed by atoms with van der Waals surface area (Å²) in [5, 5.41) is 0. The van der Waals surface area contributed by atoms with E-state index in [1.807, 2.05) is 0 Å². The van der Waals surface area contributed by atoms with E-state index in [9.17, 15) is 4.79 Å². The summed E-state index contributed by atoms with van der Waals surface area (Å²) in [6.45, 7) is 3.56. The zero-order valence-electron chi connectivity index (χ0n) is 19.2. The van der Waals surface area contributed by atoms with E-state index in [-0.39, 0.29) is 12.1 Å². The van der Waals surface area contributed by atoms with E-state index in [1.165, 1.54) is 109 Å².